The van der Waals surface area contributed by atoms with Gasteiger partial charge in [0.15, 0.2) is 0 Å². The van der Waals surface area contributed by atoms with Crippen LogP contribution < -0.4 is 0 Å². The topological polar surface area (TPSA) is 80.9 Å². The van der Waals surface area contributed by atoms with Gasteiger partial charge >= 0.3 is 0 Å². The zero-order valence-corrected chi connectivity index (χ0v) is 21.1. The van der Waals surface area contributed by atoms with Crippen LogP contribution in [0.3, 0.4) is 0 Å². The highest BCUT2D eigenvalue weighted by molar-refractivity contribution is 6.08. The van der Waals surface area contributed by atoms with Gasteiger partial charge in [0.05, 0.1) is 11.2 Å². The SMILES string of the molecule is C=C(O)c1cccc(C(C)(C)O)c1-c1ccc(-c2c(C(=C)O)cccc2C(C)(C)O)c2ccccc12. The van der Waals surface area contributed by atoms with Crippen molar-refractivity contribution >= 4 is 22.3 Å². The Morgan fingerprint density at radius 3 is 1.22 bits per heavy atom. The molecule has 0 saturated heterocycles. The maximum Gasteiger partial charge on any atom is 0.116 e. The van der Waals surface area contributed by atoms with Crippen molar-refractivity contribution in [3.8, 4) is 22.3 Å². The Kier molecular flexibility index (Phi) is 6.29. The number of fused-ring (bicyclic) bond motifs is 1. The second kappa shape index (κ2) is 8.98. The summed E-state index contributed by atoms with van der Waals surface area (Å²) in [4.78, 5) is 0. The molecule has 0 saturated carbocycles. The second-order valence-electron chi connectivity index (χ2n) is 10.2. The van der Waals surface area contributed by atoms with Gasteiger partial charge in [-0.3, -0.25) is 0 Å². The number of aliphatic hydroxyl groups is 4. The van der Waals surface area contributed by atoms with Crippen molar-refractivity contribution in [3.63, 3.8) is 0 Å². The minimum Gasteiger partial charge on any atom is -0.508 e. The van der Waals surface area contributed by atoms with Crippen LogP contribution in [-0.2, 0) is 11.2 Å². The molecule has 0 aliphatic carbocycles. The summed E-state index contributed by atoms with van der Waals surface area (Å²) in [6, 6.07) is 22.6. The number of benzene rings is 4. The first-order valence-corrected chi connectivity index (χ1v) is 11.8. The number of aliphatic hydroxyl groups excluding tert-OH is 2. The lowest BCUT2D eigenvalue weighted by molar-refractivity contribution is 0.0786. The first-order chi connectivity index (χ1) is 16.8. The zero-order chi connectivity index (χ0) is 26.4. The highest BCUT2D eigenvalue weighted by Crippen LogP contribution is 2.45. The lowest BCUT2D eigenvalue weighted by Crippen LogP contribution is -2.18. The van der Waals surface area contributed by atoms with Gasteiger partial charge in [0.25, 0.3) is 0 Å². The smallest absolute Gasteiger partial charge is 0.116 e. The molecule has 0 aliphatic rings. The molecule has 0 atom stereocenters. The molecule has 0 amide bonds. The normalized spacial score (nSPS) is 12.1. The summed E-state index contributed by atoms with van der Waals surface area (Å²) in [6.45, 7) is 14.4. The Bertz CT molecular complexity index is 1380. The van der Waals surface area contributed by atoms with E-state index < -0.39 is 11.2 Å². The minimum atomic E-state index is -1.17. The number of hydrogen-bond donors (Lipinski definition) is 4. The average Bonchev–Trinajstić information content (AvgIpc) is 2.81. The maximum absolute atomic E-state index is 11.0. The molecule has 0 bridgehead atoms. The van der Waals surface area contributed by atoms with Gasteiger partial charge in [-0.2, -0.15) is 0 Å². The van der Waals surface area contributed by atoms with E-state index in [-0.39, 0.29) is 11.5 Å². The van der Waals surface area contributed by atoms with E-state index >= 15 is 0 Å². The highest BCUT2D eigenvalue weighted by atomic mass is 16.3. The van der Waals surface area contributed by atoms with Crippen molar-refractivity contribution in [1.82, 2.24) is 0 Å². The van der Waals surface area contributed by atoms with Crippen LogP contribution in [0.5, 0.6) is 0 Å². The fraction of sp³-hybridized carbons (Fsp3) is 0.188. The summed E-state index contributed by atoms with van der Waals surface area (Å²) in [5.41, 5.74) is 3.09. The summed E-state index contributed by atoms with van der Waals surface area (Å²) in [5, 5.41) is 44.6. The Balaban J connectivity index is 2.15. The van der Waals surface area contributed by atoms with Crippen molar-refractivity contribution in [2.24, 2.45) is 0 Å². The maximum atomic E-state index is 11.0. The van der Waals surface area contributed by atoms with Crippen LogP contribution in [0.15, 0.2) is 86.0 Å². The standard InChI is InChI=1S/C32H32O4/c1-19(33)21-13-9-15-27(31(3,4)35)29(21)25-17-18-26(24-12-8-7-11-23(24)25)30-22(20(2)34)14-10-16-28(30)32(5,6)36/h7-18,33-36H,1-2H2,3-6H3. The lowest BCUT2D eigenvalue weighted by atomic mass is 9.81. The van der Waals surface area contributed by atoms with E-state index in [0.717, 1.165) is 21.9 Å². The molecule has 0 aromatic heterocycles. The summed E-state index contributed by atoms with van der Waals surface area (Å²) in [6.07, 6.45) is 0. The van der Waals surface area contributed by atoms with Crippen LogP contribution >= 0.6 is 0 Å². The first-order valence-electron chi connectivity index (χ1n) is 11.8. The Hall–Kier alpha value is -3.86. The minimum absolute atomic E-state index is 0.0875. The fourth-order valence-corrected chi connectivity index (χ4v) is 4.92. The van der Waals surface area contributed by atoms with E-state index in [1.54, 1.807) is 52.0 Å². The summed E-state index contributed by atoms with van der Waals surface area (Å²) in [7, 11) is 0. The molecule has 36 heavy (non-hydrogen) atoms. The van der Waals surface area contributed by atoms with Gasteiger partial charge in [0, 0.05) is 11.1 Å². The molecule has 0 aliphatic heterocycles. The van der Waals surface area contributed by atoms with Crippen molar-refractivity contribution < 1.29 is 20.4 Å². The van der Waals surface area contributed by atoms with Gasteiger partial charge in [0.1, 0.15) is 11.5 Å². The number of hydrogen-bond acceptors (Lipinski definition) is 4. The van der Waals surface area contributed by atoms with Crippen LogP contribution in [0.4, 0.5) is 0 Å². The third-order valence-electron chi connectivity index (χ3n) is 6.53. The van der Waals surface area contributed by atoms with Gasteiger partial charge in [-0.15, -0.1) is 0 Å². The van der Waals surface area contributed by atoms with Gasteiger partial charge in [-0.1, -0.05) is 86.0 Å². The van der Waals surface area contributed by atoms with E-state index in [4.69, 9.17) is 0 Å². The van der Waals surface area contributed by atoms with Crippen LogP contribution in [-0.4, -0.2) is 20.4 Å². The van der Waals surface area contributed by atoms with Crippen molar-refractivity contribution in [2.75, 3.05) is 0 Å². The zero-order valence-electron chi connectivity index (χ0n) is 21.1. The third-order valence-corrected chi connectivity index (χ3v) is 6.53. The molecule has 0 spiro atoms. The molecule has 4 aromatic carbocycles. The molecule has 4 N–H and O–H groups in total. The van der Waals surface area contributed by atoms with Crippen LogP contribution in [0.1, 0.15) is 49.9 Å². The Morgan fingerprint density at radius 1 is 0.556 bits per heavy atom. The average molecular weight is 481 g/mol. The highest BCUT2D eigenvalue weighted by Gasteiger charge is 2.27. The summed E-state index contributed by atoms with van der Waals surface area (Å²) >= 11 is 0. The molecule has 4 rings (SSSR count). The predicted molar refractivity (Wildman–Crippen MR) is 149 cm³/mol. The molecule has 4 aromatic rings. The molecule has 4 heteroatoms. The molecule has 0 fully saturated rings. The fourth-order valence-electron chi connectivity index (χ4n) is 4.92. The van der Waals surface area contributed by atoms with Gasteiger partial charge < -0.3 is 20.4 Å². The van der Waals surface area contributed by atoms with Crippen molar-refractivity contribution in [1.29, 1.82) is 0 Å². The molecular weight excluding hydrogens is 448 g/mol. The molecule has 0 heterocycles. The molecule has 0 radical (unpaired) electrons. The van der Waals surface area contributed by atoms with E-state index in [2.05, 4.69) is 13.2 Å². The van der Waals surface area contributed by atoms with Crippen molar-refractivity contribution in [2.45, 2.75) is 38.9 Å². The van der Waals surface area contributed by atoms with E-state index in [1.807, 2.05) is 48.5 Å². The monoisotopic (exact) mass is 480 g/mol. The molecule has 4 nitrogen and oxygen atoms in total. The first kappa shape index (κ1) is 25.2. The number of rotatable bonds is 6. The van der Waals surface area contributed by atoms with E-state index in [1.165, 1.54) is 0 Å². The van der Waals surface area contributed by atoms with Crippen molar-refractivity contribution in [3.05, 3.63) is 108 Å². The third kappa shape index (κ3) is 4.41. The van der Waals surface area contributed by atoms with Gasteiger partial charge in [-0.25, -0.2) is 0 Å². The summed E-state index contributed by atoms with van der Waals surface area (Å²) < 4.78 is 0. The molecule has 184 valence electrons. The molecule has 0 unspecified atom stereocenters. The quantitative estimate of drug-likeness (QED) is 0.213. The lowest BCUT2D eigenvalue weighted by Gasteiger charge is -2.27. The van der Waals surface area contributed by atoms with Gasteiger partial charge in [0.2, 0.25) is 0 Å². The molecular formula is C32H32O4. The largest absolute Gasteiger partial charge is 0.508 e. The Labute approximate surface area is 212 Å². The van der Waals surface area contributed by atoms with Crippen LogP contribution in [0.2, 0.25) is 0 Å². The Morgan fingerprint density at radius 2 is 0.917 bits per heavy atom. The van der Waals surface area contributed by atoms with E-state index in [0.29, 0.717) is 33.4 Å². The second-order valence-corrected chi connectivity index (χ2v) is 10.2. The van der Waals surface area contributed by atoms with Crippen LogP contribution in [0.25, 0.3) is 44.5 Å². The van der Waals surface area contributed by atoms with Crippen LogP contribution in [0, 0.1) is 0 Å². The van der Waals surface area contributed by atoms with Gasteiger partial charge in [-0.05, 0) is 71.8 Å². The van der Waals surface area contributed by atoms with E-state index in [9.17, 15) is 20.4 Å². The summed E-state index contributed by atoms with van der Waals surface area (Å²) in [5.74, 6) is -0.175. The predicted octanol–water partition coefficient (Wildman–Crippen LogP) is 7.69.